The van der Waals surface area contributed by atoms with E-state index in [1.165, 1.54) is 11.8 Å². The predicted octanol–water partition coefficient (Wildman–Crippen LogP) is 3.02. The van der Waals surface area contributed by atoms with Gasteiger partial charge in [-0.2, -0.15) is 4.68 Å². The van der Waals surface area contributed by atoms with Gasteiger partial charge in [-0.1, -0.05) is 12.1 Å². The minimum atomic E-state index is -0.833. The summed E-state index contributed by atoms with van der Waals surface area (Å²) < 4.78 is 23.4. The molecule has 0 spiro atoms. The Balaban J connectivity index is 0.000000909. The molecule has 1 atom stereocenters. The van der Waals surface area contributed by atoms with Crippen molar-refractivity contribution in [2.45, 2.75) is 19.6 Å². The number of fused-ring (bicyclic) bond motifs is 1. The number of carboxylic acid groups (broad SMARTS) is 1. The van der Waals surface area contributed by atoms with Crippen LogP contribution >= 0.6 is 0 Å². The average Bonchev–Trinajstić information content (AvgIpc) is 3.35. The summed E-state index contributed by atoms with van der Waals surface area (Å²) in [6.07, 6.45) is 0. The third-order valence-corrected chi connectivity index (χ3v) is 5.98. The van der Waals surface area contributed by atoms with Crippen molar-refractivity contribution in [1.29, 1.82) is 5.41 Å². The molecule has 1 aliphatic heterocycles. The maximum atomic E-state index is 13.0. The quantitative estimate of drug-likeness (QED) is 0.158. The maximum absolute atomic E-state index is 13.0. The molecule has 3 aromatic carbocycles. The number of aliphatic carboxylic acids is 1. The minimum absolute atomic E-state index is 0.0256. The molecule has 1 aliphatic rings. The standard InChI is InChI=1S/C26H26N6O5.C2H4O2/c1-34-20-6-4-3-5-19(20)32-26(33)30-25(31-32)22(29-18-9-7-15(8-10-18)24(27)28)16-11-17-13-36-14-37-23(17)21(12-16)35-2;1-2(3)4/h3-12,22,29H,13-14H2,1-2H3,(H3,27,28)(H,30,31,33);1H3,(H,3,4). The number of aromatic nitrogens is 3. The number of carbonyl (C=O) groups is 1. The zero-order chi connectivity index (χ0) is 29.5. The minimum Gasteiger partial charge on any atom is -0.494 e. The predicted molar refractivity (Wildman–Crippen MR) is 150 cm³/mol. The van der Waals surface area contributed by atoms with Crippen molar-refractivity contribution in [3.63, 3.8) is 0 Å². The van der Waals surface area contributed by atoms with Gasteiger partial charge in [-0.15, -0.1) is 5.10 Å². The number of rotatable bonds is 8. The fourth-order valence-electron chi connectivity index (χ4n) is 4.19. The molecule has 4 aromatic rings. The number of ether oxygens (including phenoxy) is 4. The number of para-hydroxylation sites is 2. The second-order valence-corrected chi connectivity index (χ2v) is 8.81. The Morgan fingerprint density at radius 3 is 2.49 bits per heavy atom. The smallest absolute Gasteiger partial charge is 0.348 e. The van der Waals surface area contributed by atoms with Crippen molar-refractivity contribution >= 4 is 17.5 Å². The number of nitrogens with two attached hydrogens (primary N) is 1. The van der Waals surface area contributed by atoms with Gasteiger partial charge in [0.15, 0.2) is 24.1 Å². The molecule has 0 radical (unpaired) electrons. The van der Waals surface area contributed by atoms with Crippen molar-refractivity contribution in [2.75, 3.05) is 26.3 Å². The van der Waals surface area contributed by atoms with Crippen LogP contribution in [0.4, 0.5) is 5.69 Å². The lowest BCUT2D eigenvalue weighted by Gasteiger charge is -2.24. The van der Waals surface area contributed by atoms with Crippen LogP contribution in [0, 0.1) is 5.41 Å². The lowest BCUT2D eigenvalue weighted by Crippen LogP contribution is -2.18. The summed E-state index contributed by atoms with van der Waals surface area (Å²) in [7, 11) is 3.11. The first-order valence-corrected chi connectivity index (χ1v) is 12.4. The van der Waals surface area contributed by atoms with E-state index in [2.05, 4.69) is 15.4 Å². The Kier molecular flexibility index (Phi) is 8.89. The van der Waals surface area contributed by atoms with E-state index in [1.54, 1.807) is 49.6 Å². The molecule has 214 valence electrons. The molecular weight excluding hydrogens is 532 g/mol. The van der Waals surface area contributed by atoms with Crippen LogP contribution in [0.3, 0.4) is 0 Å². The van der Waals surface area contributed by atoms with Crippen molar-refractivity contribution in [2.24, 2.45) is 5.73 Å². The van der Waals surface area contributed by atoms with Gasteiger partial charge in [-0.25, -0.2) is 4.79 Å². The van der Waals surface area contributed by atoms with E-state index in [4.69, 9.17) is 40.0 Å². The van der Waals surface area contributed by atoms with E-state index in [0.717, 1.165) is 23.7 Å². The SMILES string of the molecule is CC(=O)O.COc1ccccc1-n1nc(C(Nc2ccc(C(=N)N)cc2)c2cc3c(c(OC)c2)OCOC3)[nH]c1=O. The number of aromatic amines is 1. The molecule has 0 saturated carbocycles. The van der Waals surface area contributed by atoms with Gasteiger partial charge in [0, 0.05) is 23.7 Å². The first kappa shape index (κ1) is 28.7. The molecule has 1 unspecified atom stereocenters. The Morgan fingerprint density at radius 1 is 1.15 bits per heavy atom. The molecule has 0 amide bonds. The summed E-state index contributed by atoms with van der Waals surface area (Å²) in [5.41, 5.74) is 8.59. The van der Waals surface area contributed by atoms with Crippen LogP contribution in [0.5, 0.6) is 17.2 Å². The molecule has 2 heterocycles. The first-order valence-electron chi connectivity index (χ1n) is 12.4. The highest BCUT2D eigenvalue weighted by Gasteiger charge is 2.25. The summed E-state index contributed by atoms with van der Waals surface area (Å²) in [5.74, 6) is 1.18. The molecule has 13 nitrogen and oxygen atoms in total. The number of nitrogen functional groups attached to an aromatic ring is 1. The zero-order valence-corrected chi connectivity index (χ0v) is 22.6. The Hall–Kier alpha value is -5.30. The van der Waals surface area contributed by atoms with E-state index in [0.29, 0.717) is 40.9 Å². The number of amidine groups is 1. The van der Waals surface area contributed by atoms with Gasteiger partial charge in [0.05, 0.1) is 20.8 Å². The van der Waals surface area contributed by atoms with Crippen LogP contribution in [-0.4, -0.2) is 52.7 Å². The molecule has 1 aromatic heterocycles. The normalized spacial score (nSPS) is 12.6. The van der Waals surface area contributed by atoms with E-state index in [9.17, 15) is 4.79 Å². The summed E-state index contributed by atoms with van der Waals surface area (Å²) in [6, 6.07) is 17.4. The van der Waals surface area contributed by atoms with Crippen LogP contribution in [0.25, 0.3) is 5.69 Å². The maximum Gasteiger partial charge on any atom is 0.348 e. The summed E-state index contributed by atoms with van der Waals surface area (Å²) in [4.78, 5) is 24.9. The third-order valence-electron chi connectivity index (χ3n) is 5.98. The molecule has 0 saturated heterocycles. The van der Waals surface area contributed by atoms with Gasteiger partial charge in [-0.05, 0) is 54.1 Å². The number of hydrogen-bond donors (Lipinski definition) is 5. The summed E-state index contributed by atoms with van der Waals surface area (Å²) in [5, 5.41) is 23.1. The van der Waals surface area contributed by atoms with Gasteiger partial charge >= 0.3 is 5.69 Å². The Bertz CT molecular complexity index is 1580. The number of methoxy groups -OCH3 is 2. The molecule has 0 aliphatic carbocycles. The van der Waals surface area contributed by atoms with Gasteiger partial charge in [-0.3, -0.25) is 15.2 Å². The fraction of sp³-hybridized carbons (Fsp3) is 0.214. The number of nitrogens with one attached hydrogen (secondary N) is 3. The molecule has 13 heteroatoms. The molecule has 0 fully saturated rings. The number of H-pyrrole nitrogens is 1. The van der Waals surface area contributed by atoms with Crippen LogP contribution in [0.2, 0.25) is 0 Å². The van der Waals surface area contributed by atoms with Gasteiger partial charge in [0.25, 0.3) is 5.97 Å². The van der Waals surface area contributed by atoms with E-state index < -0.39 is 17.7 Å². The molecule has 6 N–H and O–H groups in total. The van der Waals surface area contributed by atoms with Crippen LogP contribution in [0.1, 0.15) is 35.5 Å². The summed E-state index contributed by atoms with van der Waals surface area (Å²) >= 11 is 0. The number of nitrogens with zero attached hydrogens (tertiary/aromatic N) is 2. The van der Waals surface area contributed by atoms with Crippen molar-refractivity contribution in [3.8, 4) is 22.9 Å². The average molecular weight is 563 g/mol. The fourth-order valence-corrected chi connectivity index (χ4v) is 4.19. The largest absolute Gasteiger partial charge is 0.494 e. The molecular formula is C28H30N6O7. The van der Waals surface area contributed by atoms with Gasteiger partial charge in [0.2, 0.25) is 0 Å². The van der Waals surface area contributed by atoms with E-state index >= 15 is 0 Å². The van der Waals surface area contributed by atoms with Gasteiger partial charge < -0.3 is 35.1 Å². The van der Waals surface area contributed by atoms with Crippen molar-refractivity contribution in [3.05, 3.63) is 93.7 Å². The first-order chi connectivity index (χ1) is 19.7. The lowest BCUT2D eigenvalue weighted by atomic mass is 10.0. The topological polar surface area (TPSA) is 187 Å². The van der Waals surface area contributed by atoms with Crippen LogP contribution in [-0.2, 0) is 16.1 Å². The highest BCUT2D eigenvalue weighted by atomic mass is 16.7. The zero-order valence-electron chi connectivity index (χ0n) is 22.6. The summed E-state index contributed by atoms with van der Waals surface area (Å²) in [6.45, 7) is 1.58. The molecule has 5 rings (SSSR count). The van der Waals surface area contributed by atoms with Crippen molar-refractivity contribution in [1.82, 2.24) is 14.8 Å². The van der Waals surface area contributed by atoms with Crippen molar-refractivity contribution < 1.29 is 28.8 Å². The molecule has 41 heavy (non-hydrogen) atoms. The second-order valence-electron chi connectivity index (χ2n) is 8.81. The highest BCUT2D eigenvalue weighted by Crippen LogP contribution is 2.38. The number of anilines is 1. The van der Waals surface area contributed by atoms with Gasteiger partial charge in [0.1, 0.15) is 23.3 Å². The number of benzene rings is 3. The number of carboxylic acids is 1. The van der Waals surface area contributed by atoms with E-state index in [-0.39, 0.29) is 12.6 Å². The van der Waals surface area contributed by atoms with Crippen LogP contribution < -0.4 is 31.0 Å². The highest BCUT2D eigenvalue weighted by molar-refractivity contribution is 5.95. The van der Waals surface area contributed by atoms with E-state index in [1.807, 2.05) is 18.2 Å². The Morgan fingerprint density at radius 2 is 1.83 bits per heavy atom. The monoisotopic (exact) mass is 562 g/mol. The van der Waals surface area contributed by atoms with Crippen LogP contribution in [0.15, 0.2) is 65.5 Å². The number of hydrogen-bond acceptors (Lipinski definition) is 9. The Labute approximate surface area is 234 Å². The third kappa shape index (κ3) is 6.65. The molecule has 0 bridgehead atoms. The second kappa shape index (κ2) is 12.7. The lowest BCUT2D eigenvalue weighted by molar-refractivity contribution is -0.134.